The molecule has 1 aromatic rings. The molecule has 0 spiro atoms. The summed E-state index contributed by atoms with van der Waals surface area (Å²) in [5.41, 5.74) is 0.956. The zero-order valence-electron chi connectivity index (χ0n) is 12.8. The minimum Gasteiger partial charge on any atom is -0.335 e. The van der Waals surface area contributed by atoms with Gasteiger partial charge in [-0.25, -0.2) is 9.78 Å². The highest BCUT2D eigenvalue weighted by Crippen LogP contribution is 2.22. The molecule has 6 nitrogen and oxygen atoms in total. The van der Waals surface area contributed by atoms with Gasteiger partial charge in [0.25, 0.3) is 0 Å². The number of aryl methyl sites for hydroxylation is 1. The van der Waals surface area contributed by atoms with Crippen LogP contribution >= 0.6 is 0 Å². The summed E-state index contributed by atoms with van der Waals surface area (Å²) in [7, 11) is 0. The largest absolute Gasteiger partial charge is 0.335 e. The SMILES string of the molecule is Cc1cccnc1NC(=O)C1CCN(C(=O)NC2CC2)CC1. The quantitative estimate of drug-likeness (QED) is 0.895. The summed E-state index contributed by atoms with van der Waals surface area (Å²) < 4.78 is 0. The predicted molar refractivity (Wildman–Crippen MR) is 83.5 cm³/mol. The Morgan fingerprint density at radius 3 is 2.59 bits per heavy atom. The van der Waals surface area contributed by atoms with E-state index in [1.807, 2.05) is 24.0 Å². The van der Waals surface area contributed by atoms with E-state index in [9.17, 15) is 9.59 Å². The molecule has 0 atom stereocenters. The van der Waals surface area contributed by atoms with Crippen molar-refractivity contribution in [1.82, 2.24) is 15.2 Å². The van der Waals surface area contributed by atoms with Gasteiger partial charge in [0.15, 0.2) is 0 Å². The third-order valence-corrected chi connectivity index (χ3v) is 4.31. The number of amides is 3. The van der Waals surface area contributed by atoms with Crippen LogP contribution in [0.1, 0.15) is 31.2 Å². The van der Waals surface area contributed by atoms with Crippen molar-refractivity contribution in [3.63, 3.8) is 0 Å². The third-order valence-electron chi connectivity index (χ3n) is 4.31. The first-order valence-electron chi connectivity index (χ1n) is 7.91. The molecule has 0 bridgehead atoms. The summed E-state index contributed by atoms with van der Waals surface area (Å²) in [6.07, 6.45) is 5.26. The van der Waals surface area contributed by atoms with E-state index >= 15 is 0 Å². The van der Waals surface area contributed by atoms with E-state index in [2.05, 4.69) is 15.6 Å². The Morgan fingerprint density at radius 1 is 1.23 bits per heavy atom. The van der Waals surface area contributed by atoms with Crippen LogP contribution in [0, 0.1) is 12.8 Å². The van der Waals surface area contributed by atoms with Gasteiger partial charge in [0.1, 0.15) is 5.82 Å². The van der Waals surface area contributed by atoms with E-state index in [4.69, 9.17) is 0 Å². The van der Waals surface area contributed by atoms with E-state index < -0.39 is 0 Å². The first-order chi connectivity index (χ1) is 10.6. The maximum Gasteiger partial charge on any atom is 0.317 e. The summed E-state index contributed by atoms with van der Waals surface area (Å²) in [4.78, 5) is 30.3. The van der Waals surface area contributed by atoms with Crippen LogP contribution in [-0.4, -0.2) is 41.0 Å². The number of hydrogen-bond acceptors (Lipinski definition) is 3. The van der Waals surface area contributed by atoms with Gasteiger partial charge >= 0.3 is 6.03 Å². The van der Waals surface area contributed by atoms with Crippen LogP contribution in [0.3, 0.4) is 0 Å². The molecule has 0 unspecified atom stereocenters. The number of carbonyl (C=O) groups excluding carboxylic acids is 2. The molecule has 1 saturated carbocycles. The average molecular weight is 302 g/mol. The number of rotatable bonds is 3. The highest BCUT2D eigenvalue weighted by molar-refractivity contribution is 5.92. The lowest BCUT2D eigenvalue weighted by Gasteiger charge is -2.31. The number of urea groups is 1. The lowest BCUT2D eigenvalue weighted by atomic mass is 9.96. The molecule has 2 N–H and O–H groups in total. The van der Waals surface area contributed by atoms with E-state index in [0.717, 1.165) is 18.4 Å². The smallest absolute Gasteiger partial charge is 0.317 e. The molecule has 1 aromatic heterocycles. The van der Waals surface area contributed by atoms with Crippen molar-refractivity contribution >= 4 is 17.8 Å². The van der Waals surface area contributed by atoms with E-state index in [0.29, 0.717) is 37.8 Å². The summed E-state index contributed by atoms with van der Waals surface area (Å²) in [6, 6.07) is 4.16. The van der Waals surface area contributed by atoms with Crippen LogP contribution < -0.4 is 10.6 Å². The minimum atomic E-state index is -0.0496. The molecule has 6 heteroatoms. The zero-order chi connectivity index (χ0) is 15.5. The number of anilines is 1. The van der Waals surface area contributed by atoms with Crippen molar-refractivity contribution < 1.29 is 9.59 Å². The van der Waals surface area contributed by atoms with Gasteiger partial charge < -0.3 is 15.5 Å². The molecule has 2 fully saturated rings. The first kappa shape index (κ1) is 14.8. The average Bonchev–Trinajstić information content (AvgIpc) is 3.33. The maximum absolute atomic E-state index is 12.3. The molecule has 0 aromatic carbocycles. The Labute approximate surface area is 130 Å². The second-order valence-corrected chi connectivity index (χ2v) is 6.14. The fourth-order valence-corrected chi connectivity index (χ4v) is 2.67. The highest BCUT2D eigenvalue weighted by atomic mass is 16.2. The first-order valence-corrected chi connectivity index (χ1v) is 7.91. The Balaban J connectivity index is 1.49. The molecule has 2 heterocycles. The fraction of sp³-hybridized carbons (Fsp3) is 0.562. The van der Waals surface area contributed by atoms with Crippen molar-refractivity contribution in [2.75, 3.05) is 18.4 Å². The summed E-state index contributed by atoms with van der Waals surface area (Å²) in [5.74, 6) is 0.580. The molecule has 1 saturated heterocycles. The topological polar surface area (TPSA) is 74.3 Å². The Hall–Kier alpha value is -2.11. The van der Waals surface area contributed by atoms with Crippen LogP contribution in [0.4, 0.5) is 10.6 Å². The number of likely N-dealkylation sites (tertiary alicyclic amines) is 1. The number of pyridine rings is 1. The van der Waals surface area contributed by atoms with Crippen LogP contribution in [0.2, 0.25) is 0 Å². The minimum absolute atomic E-state index is 0.00375. The molecule has 3 rings (SSSR count). The summed E-state index contributed by atoms with van der Waals surface area (Å²) >= 11 is 0. The van der Waals surface area contributed by atoms with E-state index in [1.165, 1.54) is 0 Å². The second kappa shape index (κ2) is 6.34. The molecule has 22 heavy (non-hydrogen) atoms. The van der Waals surface area contributed by atoms with Gasteiger partial charge in [-0.1, -0.05) is 6.07 Å². The van der Waals surface area contributed by atoms with Crippen molar-refractivity contribution in [2.45, 2.75) is 38.6 Å². The van der Waals surface area contributed by atoms with Gasteiger partial charge in [-0.05, 0) is 44.2 Å². The van der Waals surface area contributed by atoms with Gasteiger partial charge in [0, 0.05) is 31.2 Å². The lowest BCUT2D eigenvalue weighted by molar-refractivity contribution is -0.121. The molecule has 0 radical (unpaired) electrons. The molecule has 3 amide bonds. The Kier molecular flexibility index (Phi) is 4.27. The molecular formula is C16H22N4O2. The van der Waals surface area contributed by atoms with Crippen LogP contribution in [0.15, 0.2) is 18.3 Å². The molecule has 118 valence electrons. The van der Waals surface area contributed by atoms with Crippen molar-refractivity contribution in [1.29, 1.82) is 0 Å². The van der Waals surface area contributed by atoms with Gasteiger partial charge in [0.05, 0.1) is 0 Å². The molecule has 1 aliphatic heterocycles. The number of carbonyl (C=O) groups is 2. The third kappa shape index (κ3) is 3.55. The second-order valence-electron chi connectivity index (χ2n) is 6.14. The Morgan fingerprint density at radius 2 is 1.95 bits per heavy atom. The predicted octanol–water partition coefficient (Wildman–Crippen LogP) is 1.91. The molecular weight excluding hydrogens is 280 g/mol. The van der Waals surface area contributed by atoms with Crippen LogP contribution in [0.25, 0.3) is 0 Å². The monoisotopic (exact) mass is 302 g/mol. The van der Waals surface area contributed by atoms with Gasteiger partial charge in [-0.15, -0.1) is 0 Å². The molecule has 1 aliphatic carbocycles. The number of nitrogens with zero attached hydrogens (tertiary/aromatic N) is 2. The van der Waals surface area contributed by atoms with E-state index in [-0.39, 0.29) is 17.9 Å². The number of nitrogens with one attached hydrogen (secondary N) is 2. The van der Waals surface area contributed by atoms with Crippen molar-refractivity contribution in [2.24, 2.45) is 5.92 Å². The molecule has 2 aliphatic rings. The number of piperidine rings is 1. The fourth-order valence-electron chi connectivity index (χ4n) is 2.67. The lowest BCUT2D eigenvalue weighted by Crippen LogP contribution is -2.46. The normalized spacial score (nSPS) is 18.9. The van der Waals surface area contributed by atoms with Crippen LogP contribution in [-0.2, 0) is 4.79 Å². The number of hydrogen-bond donors (Lipinski definition) is 2. The van der Waals surface area contributed by atoms with Gasteiger partial charge in [-0.2, -0.15) is 0 Å². The van der Waals surface area contributed by atoms with Crippen molar-refractivity contribution in [3.05, 3.63) is 23.9 Å². The zero-order valence-corrected chi connectivity index (χ0v) is 12.8. The Bertz CT molecular complexity index is 563. The van der Waals surface area contributed by atoms with Gasteiger partial charge in [0.2, 0.25) is 5.91 Å². The van der Waals surface area contributed by atoms with Crippen molar-refractivity contribution in [3.8, 4) is 0 Å². The maximum atomic E-state index is 12.3. The van der Waals surface area contributed by atoms with E-state index in [1.54, 1.807) is 6.20 Å². The summed E-state index contributed by atoms with van der Waals surface area (Å²) in [6.45, 7) is 3.20. The van der Waals surface area contributed by atoms with Crippen LogP contribution in [0.5, 0.6) is 0 Å². The highest BCUT2D eigenvalue weighted by Gasteiger charge is 2.30. The van der Waals surface area contributed by atoms with Gasteiger partial charge in [-0.3, -0.25) is 4.79 Å². The standard InChI is InChI=1S/C16H22N4O2/c1-11-3-2-8-17-14(11)19-15(21)12-6-9-20(10-7-12)16(22)18-13-4-5-13/h2-3,8,12-13H,4-7,9-10H2,1H3,(H,18,22)(H,17,19,21). The summed E-state index contributed by atoms with van der Waals surface area (Å²) in [5, 5.41) is 5.89. The number of aromatic nitrogens is 1.